The molecule has 0 spiro atoms. The van der Waals surface area contributed by atoms with Crippen LogP contribution in [-0.2, 0) is 14.0 Å². The maximum Gasteiger partial charge on any atom is 0.308 e. The molecule has 0 saturated heterocycles. The summed E-state index contributed by atoms with van der Waals surface area (Å²) in [5, 5.41) is 0. The fraction of sp³-hybridized carbons (Fsp3) is 0.929. The van der Waals surface area contributed by atoms with E-state index in [0.717, 1.165) is 25.7 Å². The Bertz CT molecular complexity index is 248. The molecule has 0 bridgehead atoms. The first-order chi connectivity index (χ1) is 8.60. The lowest BCUT2D eigenvalue weighted by molar-refractivity contribution is -0.147. The van der Waals surface area contributed by atoms with E-state index < -0.39 is 8.32 Å². The summed E-state index contributed by atoms with van der Waals surface area (Å²) in [5.41, 5.74) is 0. The summed E-state index contributed by atoms with van der Waals surface area (Å²) in [6, 6.07) is 3.62. The SMILES string of the molecule is CC[Si](CC)(CC)OC1CCC(C(=O)OC)CC1. The van der Waals surface area contributed by atoms with Crippen LogP contribution in [-0.4, -0.2) is 27.5 Å². The predicted molar refractivity (Wildman–Crippen MR) is 76.0 cm³/mol. The van der Waals surface area contributed by atoms with Gasteiger partial charge in [0.2, 0.25) is 0 Å². The lowest BCUT2D eigenvalue weighted by Crippen LogP contribution is -2.41. The monoisotopic (exact) mass is 272 g/mol. The summed E-state index contributed by atoms with van der Waals surface area (Å²) in [7, 11) is 0.00178. The number of esters is 1. The van der Waals surface area contributed by atoms with Gasteiger partial charge in [-0.3, -0.25) is 4.79 Å². The third-order valence-electron chi connectivity index (χ3n) is 4.56. The molecular weight excluding hydrogens is 244 g/mol. The van der Waals surface area contributed by atoms with Crippen molar-refractivity contribution in [2.75, 3.05) is 7.11 Å². The van der Waals surface area contributed by atoms with Crippen LogP contribution in [0.3, 0.4) is 0 Å². The molecule has 1 saturated carbocycles. The molecule has 0 aromatic carbocycles. The second-order valence-electron chi connectivity index (χ2n) is 5.36. The van der Waals surface area contributed by atoms with Crippen LogP contribution >= 0.6 is 0 Å². The zero-order valence-electron chi connectivity index (χ0n) is 12.3. The first kappa shape index (κ1) is 15.7. The summed E-state index contributed by atoms with van der Waals surface area (Å²) in [4.78, 5) is 11.5. The van der Waals surface area contributed by atoms with E-state index in [4.69, 9.17) is 9.16 Å². The quantitative estimate of drug-likeness (QED) is 0.546. The van der Waals surface area contributed by atoms with Gasteiger partial charge < -0.3 is 9.16 Å². The Morgan fingerprint density at radius 3 is 1.94 bits per heavy atom. The molecule has 3 nitrogen and oxygen atoms in total. The van der Waals surface area contributed by atoms with Crippen LogP contribution in [0.4, 0.5) is 0 Å². The van der Waals surface area contributed by atoms with Crippen LogP contribution in [0.2, 0.25) is 18.1 Å². The van der Waals surface area contributed by atoms with Crippen LogP contribution in [0.25, 0.3) is 0 Å². The van der Waals surface area contributed by atoms with Crippen molar-refractivity contribution in [2.45, 2.75) is 70.7 Å². The van der Waals surface area contributed by atoms with E-state index in [1.54, 1.807) is 0 Å². The molecule has 1 aliphatic carbocycles. The molecule has 0 radical (unpaired) electrons. The number of carbonyl (C=O) groups is 1. The smallest absolute Gasteiger partial charge is 0.308 e. The van der Waals surface area contributed by atoms with E-state index in [1.165, 1.54) is 25.2 Å². The molecule has 0 atom stereocenters. The zero-order chi connectivity index (χ0) is 13.6. The molecule has 1 aliphatic rings. The number of ether oxygens (including phenoxy) is 1. The van der Waals surface area contributed by atoms with E-state index in [2.05, 4.69) is 20.8 Å². The normalized spacial score (nSPS) is 24.9. The highest BCUT2D eigenvalue weighted by molar-refractivity contribution is 6.73. The molecule has 0 heterocycles. The molecule has 18 heavy (non-hydrogen) atoms. The van der Waals surface area contributed by atoms with Crippen LogP contribution < -0.4 is 0 Å². The van der Waals surface area contributed by atoms with Crippen LogP contribution in [0.5, 0.6) is 0 Å². The number of hydrogen-bond acceptors (Lipinski definition) is 3. The lowest BCUT2D eigenvalue weighted by atomic mass is 9.88. The molecule has 0 aliphatic heterocycles. The van der Waals surface area contributed by atoms with Gasteiger partial charge in [-0.1, -0.05) is 20.8 Å². The summed E-state index contributed by atoms with van der Waals surface area (Å²) in [6.07, 6.45) is 4.29. The van der Waals surface area contributed by atoms with Gasteiger partial charge in [0.1, 0.15) is 0 Å². The highest BCUT2D eigenvalue weighted by Crippen LogP contribution is 2.32. The van der Waals surface area contributed by atoms with Crippen LogP contribution in [0.15, 0.2) is 0 Å². The molecule has 1 fully saturated rings. The summed E-state index contributed by atoms with van der Waals surface area (Å²) in [6.45, 7) is 6.79. The first-order valence-electron chi connectivity index (χ1n) is 7.36. The Balaban J connectivity index is 2.45. The minimum absolute atomic E-state index is 0.0431. The Hall–Kier alpha value is -0.353. The van der Waals surface area contributed by atoms with Gasteiger partial charge in [-0.2, -0.15) is 0 Å². The third-order valence-corrected chi connectivity index (χ3v) is 9.26. The summed E-state index contributed by atoms with van der Waals surface area (Å²) < 4.78 is 11.3. The Kier molecular flexibility index (Phi) is 6.36. The minimum atomic E-state index is -1.48. The number of carbonyl (C=O) groups excluding carboxylic acids is 1. The van der Waals surface area contributed by atoms with Crippen LogP contribution in [0.1, 0.15) is 46.5 Å². The van der Waals surface area contributed by atoms with Gasteiger partial charge in [0.15, 0.2) is 8.32 Å². The second kappa shape index (κ2) is 7.29. The third kappa shape index (κ3) is 3.82. The van der Waals surface area contributed by atoms with Crippen molar-refractivity contribution in [3.63, 3.8) is 0 Å². The van der Waals surface area contributed by atoms with Gasteiger partial charge in [0.25, 0.3) is 0 Å². The van der Waals surface area contributed by atoms with Gasteiger partial charge in [-0.15, -0.1) is 0 Å². The first-order valence-corrected chi connectivity index (χ1v) is 9.89. The summed E-state index contributed by atoms with van der Waals surface area (Å²) in [5.74, 6) is 0.0641. The zero-order valence-corrected chi connectivity index (χ0v) is 13.3. The number of methoxy groups -OCH3 is 1. The Morgan fingerprint density at radius 1 is 1.06 bits per heavy atom. The van der Waals surface area contributed by atoms with Crippen molar-refractivity contribution < 1.29 is 14.0 Å². The minimum Gasteiger partial charge on any atom is -0.469 e. The highest BCUT2D eigenvalue weighted by Gasteiger charge is 2.34. The fourth-order valence-electron chi connectivity index (χ4n) is 2.94. The maximum absolute atomic E-state index is 11.5. The van der Waals surface area contributed by atoms with Crippen molar-refractivity contribution in [1.82, 2.24) is 0 Å². The Labute approximate surface area is 112 Å². The molecule has 0 aromatic heterocycles. The average molecular weight is 272 g/mol. The van der Waals surface area contributed by atoms with E-state index in [9.17, 15) is 4.79 Å². The highest BCUT2D eigenvalue weighted by atomic mass is 28.4. The molecular formula is C14H28O3Si. The topological polar surface area (TPSA) is 35.5 Å². The van der Waals surface area contributed by atoms with Crippen molar-refractivity contribution in [3.8, 4) is 0 Å². The van der Waals surface area contributed by atoms with Crippen molar-refractivity contribution in [3.05, 3.63) is 0 Å². The van der Waals surface area contributed by atoms with Gasteiger partial charge in [0, 0.05) is 6.10 Å². The largest absolute Gasteiger partial charge is 0.469 e. The van der Waals surface area contributed by atoms with Crippen LogP contribution in [0, 0.1) is 5.92 Å². The van der Waals surface area contributed by atoms with Crippen molar-refractivity contribution in [2.24, 2.45) is 5.92 Å². The van der Waals surface area contributed by atoms with E-state index in [1.807, 2.05) is 0 Å². The molecule has 106 valence electrons. The van der Waals surface area contributed by atoms with E-state index in [0.29, 0.717) is 6.10 Å². The maximum atomic E-state index is 11.5. The molecule has 0 unspecified atom stereocenters. The average Bonchev–Trinajstić information content (AvgIpc) is 2.45. The van der Waals surface area contributed by atoms with Crippen molar-refractivity contribution >= 4 is 14.3 Å². The molecule has 0 aromatic rings. The molecule has 0 N–H and O–H groups in total. The van der Waals surface area contributed by atoms with Gasteiger partial charge in [0.05, 0.1) is 13.0 Å². The number of hydrogen-bond donors (Lipinski definition) is 0. The summed E-state index contributed by atoms with van der Waals surface area (Å²) >= 11 is 0. The number of rotatable bonds is 6. The fourth-order valence-corrected chi connectivity index (χ4v) is 5.88. The molecule has 4 heteroatoms. The van der Waals surface area contributed by atoms with Gasteiger partial charge >= 0.3 is 5.97 Å². The standard InChI is InChI=1S/C14H28O3Si/c1-5-18(6-2,7-3)17-13-10-8-12(9-11-13)14(15)16-4/h12-13H,5-11H2,1-4H3. The second-order valence-corrected chi connectivity index (χ2v) is 10.1. The van der Waals surface area contributed by atoms with E-state index in [-0.39, 0.29) is 11.9 Å². The van der Waals surface area contributed by atoms with Crippen molar-refractivity contribution in [1.29, 1.82) is 0 Å². The molecule has 0 amide bonds. The van der Waals surface area contributed by atoms with Gasteiger partial charge in [-0.25, -0.2) is 0 Å². The predicted octanol–water partition coefficient (Wildman–Crippen LogP) is 3.74. The Morgan fingerprint density at radius 2 is 1.56 bits per heavy atom. The van der Waals surface area contributed by atoms with Gasteiger partial charge in [-0.05, 0) is 43.8 Å². The van der Waals surface area contributed by atoms with E-state index >= 15 is 0 Å². The lowest BCUT2D eigenvalue weighted by Gasteiger charge is -2.36. The molecule has 1 rings (SSSR count).